The summed E-state index contributed by atoms with van der Waals surface area (Å²) >= 11 is 5.91. The highest BCUT2D eigenvalue weighted by Gasteiger charge is 2.09. The maximum Gasteiger partial charge on any atom is 0.226 e. The van der Waals surface area contributed by atoms with Crippen LogP contribution in [0.5, 0.6) is 11.6 Å². The van der Waals surface area contributed by atoms with Crippen LogP contribution in [0.15, 0.2) is 30.6 Å². The van der Waals surface area contributed by atoms with Crippen LogP contribution in [0.4, 0.5) is 0 Å². The Bertz CT molecular complexity index is 546. The number of nitrogens with zero attached hydrogens (tertiary/aromatic N) is 2. The van der Waals surface area contributed by atoms with E-state index in [0.29, 0.717) is 28.8 Å². The van der Waals surface area contributed by atoms with Gasteiger partial charge in [0.1, 0.15) is 17.2 Å². The lowest BCUT2D eigenvalue weighted by Crippen LogP contribution is -1.98. The first-order valence-electron chi connectivity index (χ1n) is 5.56. The molecule has 0 atom stereocenters. The minimum absolute atomic E-state index is 0.0733. The van der Waals surface area contributed by atoms with Crippen LogP contribution in [0.1, 0.15) is 11.1 Å². The smallest absolute Gasteiger partial charge is 0.226 e. The van der Waals surface area contributed by atoms with Crippen molar-refractivity contribution < 1.29 is 9.84 Å². The Kier molecular flexibility index (Phi) is 4.12. The Morgan fingerprint density at radius 3 is 2.83 bits per heavy atom. The van der Waals surface area contributed by atoms with E-state index in [4.69, 9.17) is 21.4 Å². The van der Waals surface area contributed by atoms with Gasteiger partial charge in [0.15, 0.2) is 0 Å². The molecule has 0 aliphatic heterocycles. The first kappa shape index (κ1) is 12.8. The van der Waals surface area contributed by atoms with Crippen LogP contribution in [-0.4, -0.2) is 21.7 Å². The summed E-state index contributed by atoms with van der Waals surface area (Å²) in [5.74, 6) is 1.10. The molecule has 18 heavy (non-hydrogen) atoms. The molecule has 0 unspecified atom stereocenters. The number of aliphatic hydroxyl groups is 1. The lowest BCUT2D eigenvalue weighted by Gasteiger charge is -2.11. The van der Waals surface area contributed by atoms with Crippen molar-refractivity contribution in [2.24, 2.45) is 0 Å². The molecule has 5 heteroatoms. The van der Waals surface area contributed by atoms with Crippen molar-refractivity contribution in [3.05, 3.63) is 46.9 Å². The Hall–Kier alpha value is -1.65. The number of halogens is 1. The van der Waals surface area contributed by atoms with Crippen molar-refractivity contribution in [2.75, 3.05) is 6.61 Å². The molecule has 0 fully saturated rings. The second-order valence-electron chi connectivity index (χ2n) is 3.78. The molecule has 0 aliphatic carbocycles. The summed E-state index contributed by atoms with van der Waals surface area (Å²) in [5.41, 5.74) is 1.62. The molecule has 0 amide bonds. The van der Waals surface area contributed by atoms with Gasteiger partial charge in [-0.3, -0.25) is 0 Å². The summed E-state index contributed by atoms with van der Waals surface area (Å²) in [5, 5.41) is 9.38. The lowest BCUT2D eigenvalue weighted by atomic mass is 10.1. The molecule has 94 valence electrons. The topological polar surface area (TPSA) is 55.2 Å². The van der Waals surface area contributed by atoms with Crippen LogP contribution in [0.25, 0.3) is 0 Å². The number of aromatic nitrogens is 2. The van der Waals surface area contributed by atoms with Gasteiger partial charge in [0.2, 0.25) is 5.88 Å². The van der Waals surface area contributed by atoms with Crippen LogP contribution in [-0.2, 0) is 6.42 Å². The fourth-order valence-corrected chi connectivity index (χ4v) is 1.68. The van der Waals surface area contributed by atoms with Gasteiger partial charge in [-0.1, -0.05) is 29.8 Å². The molecule has 0 saturated heterocycles. The second-order valence-corrected chi connectivity index (χ2v) is 4.14. The number of benzene rings is 1. The third kappa shape index (κ3) is 2.78. The van der Waals surface area contributed by atoms with Crippen molar-refractivity contribution in [1.82, 2.24) is 9.97 Å². The third-order valence-corrected chi connectivity index (χ3v) is 2.92. The maximum absolute atomic E-state index is 9.01. The van der Waals surface area contributed by atoms with Crippen LogP contribution < -0.4 is 4.74 Å². The van der Waals surface area contributed by atoms with Crippen LogP contribution in [0.2, 0.25) is 5.15 Å². The number of hydrogen-bond donors (Lipinski definition) is 1. The molecule has 1 N–H and O–H groups in total. The normalized spacial score (nSPS) is 10.4. The van der Waals surface area contributed by atoms with E-state index in [2.05, 4.69) is 9.97 Å². The summed E-state index contributed by atoms with van der Waals surface area (Å²) < 4.78 is 5.73. The van der Waals surface area contributed by atoms with E-state index in [1.807, 2.05) is 24.3 Å². The summed E-state index contributed by atoms with van der Waals surface area (Å²) in [6, 6.07) is 7.51. The summed E-state index contributed by atoms with van der Waals surface area (Å²) in [4.78, 5) is 7.93. The largest absolute Gasteiger partial charge is 0.438 e. The predicted octanol–water partition coefficient (Wildman–Crippen LogP) is 2.77. The first-order chi connectivity index (χ1) is 8.72. The van der Waals surface area contributed by atoms with Gasteiger partial charge in [-0.2, -0.15) is 0 Å². The second kappa shape index (κ2) is 5.80. The van der Waals surface area contributed by atoms with E-state index in [0.717, 1.165) is 5.56 Å². The van der Waals surface area contributed by atoms with Gasteiger partial charge in [0, 0.05) is 12.2 Å². The number of para-hydroxylation sites is 1. The molecule has 0 spiro atoms. The first-order valence-corrected chi connectivity index (χ1v) is 5.94. The molecular formula is C13H13ClN2O2. The van der Waals surface area contributed by atoms with Crippen molar-refractivity contribution in [3.63, 3.8) is 0 Å². The van der Waals surface area contributed by atoms with E-state index in [-0.39, 0.29) is 6.61 Å². The Labute approximate surface area is 110 Å². The van der Waals surface area contributed by atoms with E-state index in [9.17, 15) is 0 Å². The van der Waals surface area contributed by atoms with Gasteiger partial charge < -0.3 is 9.84 Å². The molecule has 2 aromatic rings. The molecule has 1 heterocycles. The minimum atomic E-state index is 0.0733. The third-order valence-electron chi connectivity index (χ3n) is 2.54. The van der Waals surface area contributed by atoms with Crippen molar-refractivity contribution >= 4 is 11.6 Å². The quantitative estimate of drug-likeness (QED) is 0.863. The van der Waals surface area contributed by atoms with Crippen LogP contribution in [0, 0.1) is 6.92 Å². The predicted molar refractivity (Wildman–Crippen MR) is 69.1 cm³/mol. The molecule has 0 bridgehead atoms. The highest BCUT2D eigenvalue weighted by Crippen LogP contribution is 2.28. The average molecular weight is 265 g/mol. The van der Waals surface area contributed by atoms with Gasteiger partial charge in [-0.15, -0.1) is 0 Å². The maximum atomic E-state index is 9.01. The molecule has 2 rings (SSSR count). The van der Waals surface area contributed by atoms with Gasteiger partial charge in [0.25, 0.3) is 0 Å². The van der Waals surface area contributed by atoms with Gasteiger partial charge in [-0.05, 0) is 25.0 Å². The standard InChI is InChI=1S/C13H13ClN2O2/c1-9-12(14)15-8-16-13(9)18-11-5-3-2-4-10(11)6-7-17/h2-5,8,17H,6-7H2,1H3. The molecule has 1 aromatic heterocycles. The summed E-state index contributed by atoms with van der Waals surface area (Å²) in [7, 11) is 0. The molecule has 4 nitrogen and oxygen atoms in total. The van der Waals surface area contributed by atoms with Gasteiger partial charge in [0.05, 0.1) is 0 Å². The SMILES string of the molecule is Cc1c(Cl)ncnc1Oc1ccccc1CCO. The van der Waals surface area contributed by atoms with Crippen molar-refractivity contribution in [3.8, 4) is 11.6 Å². The number of hydrogen-bond acceptors (Lipinski definition) is 4. The highest BCUT2D eigenvalue weighted by atomic mass is 35.5. The zero-order valence-corrected chi connectivity index (χ0v) is 10.7. The van der Waals surface area contributed by atoms with Crippen molar-refractivity contribution in [1.29, 1.82) is 0 Å². The summed E-state index contributed by atoms with van der Waals surface area (Å²) in [6.45, 7) is 1.87. The molecule has 1 aromatic carbocycles. The zero-order chi connectivity index (χ0) is 13.0. The molecule has 0 radical (unpaired) electrons. The fourth-order valence-electron chi connectivity index (χ4n) is 1.55. The Balaban J connectivity index is 2.31. The number of ether oxygens (including phenoxy) is 1. The molecular weight excluding hydrogens is 252 g/mol. The number of rotatable bonds is 4. The Morgan fingerprint density at radius 1 is 1.28 bits per heavy atom. The molecule has 0 saturated carbocycles. The molecule has 0 aliphatic rings. The van der Waals surface area contributed by atoms with Crippen LogP contribution >= 0.6 is 11.6 Å². The monoisotopic (exact) mass is 264 g/mol. The highest BCUT2D eigenvalue weighted by molar-refractivity contribution is 6.30. The number of aliphatic hydroxyl groups excluding tert-OH is 1. The van der Waals surface area contributed by atoms with Gasteiger partial charge >= 0.3 is 0 Å². The Morgan fingerprint density at radius 2 is 2.06 bits per heavy atom. The van der Waals surface area contributed by atoms with E-state index >= 15 is 0 Å². The minimum Gasteiger partial charge on any atom is -0.438 e. The van der Waals surface area contributed by atoms with E-state index in [1.165, 1.54) is 6.33 Å². The van der Waals surface area contributed by atoms with Crippen LogP contribution in [0.3, 0.4) is 0 Å². The zero-order valence-electron chi connectivity index (χ0n) is 9.93. The van der Waals surface area contributed by atoms with E-state index in [1.54, 1.807) is 6.92 Å². The fraction of sp³-hybridized carbons (Fsp3) is 0.231. The summed E-state index contributed by atoms with van der Waals surface area (Å²) in [6.07, 6.45) is 1.90. The van der Waals surface area contributed by atoms with Crippen molar-refractivity contribution in [2.45, 2.75) is 13.3 Å². The lowest BCUT2D eigenvalue weighted by molar-refractivity contribution is 0.297. The van der Waals surface area contributed by atoms with Gasteiger partial charge in [-0.25, -0.2) is 9.97 Å². The average Bonchev–Trinajstić information content (AvgIpc) is 2.37. The van der Waals surface area contributed by atoms with E-state index < -0.39 is 0 Å².